The molecule has 0 amide bonds. The van der Waals surface area contributed by atoms with E-state index in [0.29, 0.717) is 12.1 Å². The zero-order valence-electron chi connectivity index (χ0n) is 13.3. The minimum absolute atomic E-state index is 0.530. The van der Waals surface area contributed by atoms with Crippen molar-refractivity contribution in [3.8, 4) is 0 Å². The van der Waals surface area contributed by atoms with Gasteiger partial charge in [-0.1, -0.05) is 0 Å². The lowest BCUT2D eigenvalue weighted by Gasteiger charge is -2.24. The summed E-state index contributed by atoms with van der Waals surface area (Å²) in [5, 5.41) is 16.9. The van der Waals surface area contributed by atoms with E-state index in [1.54, 1.807) is 0 Å². The molecule has 2 aromatic rings. The molecule has 3 heterocycles. The molecule has 0 N–H and O–H groups in total. The molecule has 1 atom stereocenters. The monoisotopic (exact) mass is 301 g/mol. The summed E-state index contributed by atoms with van der Waals surface area (Å²) < 4.78 is 4.17. The van der Waals surface area contributed by atoms with Crippen molar-refractivity contribution < 1.29 is 0 Å². The van der Waals surface area contributed by atoms with Crippen molar-refractivity contribution in [1.29, 1.82) is 0 Å². The van der Waals surface area contributed by atoms with E-state index >= 15 is 0 Å². The molecule has 22 heavy (non-hydrogen) atoms. The molecule has 0 spiro atoms. The van der Waals surface area contributed by atoms with Gasteiger partial charge in [0.15, 0.2) is 5.82 Å². The van der Waals surface area contributed by atoms with Crippen molar-refractivity contribution >= 4 is 0 Å². The van der Waals surface area contributed by atoms with Crippen LogP contribution in [0.5, 0.6) is 0 Å². The Morgan fingerprint density at radius 3 is 2.82 bits per heavy atom. The predicted octanol–water partition coefficient (Wildman–Crippen LogP) is 1.49. The summed E-state index contributed by atoms with van der Waals surface area (Å²) >= 11 is 0. The van der Waals surface area contributed by atoms with Crippen LogP contribution in [0.25, 0.3) is 0 Å². The average Bonchev–Trinajstić information content (AvgIpc) is 2.92. The zero-order valence-corrected chi connectivity index (χ0v) is 13.3. The van der Waals surface area contributed by atoms with E-state index < -0.39 is 0 Å². The smallest absolute Gasteiger partial charge is 0.165 e. The SMILES string of the molecule is Cc1cc(C)n(C[C@@H]2CCCN2Cc2nnnn2C2CC2)n1. The van der Waals surface area contributed by atoms with Gasteiger partial charge in [-0.25, -0.2) is 4.68 Å². The normalized spacial score (nSPS) is 22.5. The van der Waals surface area contributed by atoms with Gasteiger partial charge < -0.3 is 0 Å². The van der Waals surface area contributed by atoms with Crippen molar-refractivity contribution in [1.82, 2.24) is 34.9 Å². The van der Waals surface area contributed by atoms with E-state index in [0.717, 1.165) is 31.2 Å². The summed E-state index contributed by atoms with van der Waals surface area (Å²) in [4.78, 5) is 2.51. The molecular formula is C15H23N7. The summed E-state index contributed by atoms with van der Waals surface area (Å²) in [6.45, 7) is 7.13. The summed E-state index contributed by atoms with van der Waals surface area (Å²) in [5.41, 5.74) is 2.34. The van der Waals surface area contributed by atoms with Crippen molar-refractivity contribution in [2.75, 3.05) is 6.54 Å². The Morgan fingerprint density at radius 2 is 2.09 bits per heavy atom. The first-order valence-electron chi connectivity index (χ1n) is 8.22. The van der Waals surface area contributed by atoms with Gasteiger partial charge in [-0.2, -0.15) is 5.10 Å². The number of likely N-dealkylation sites (tertiary alicyclic amines) is 1. The van der Waals surface area contributed by atoms with Crippen LogP contribution in [0.4, 0.5) is 0 Å². The molecule has 0 unspecified atom stereocenters. The highest BCUT2D eigenvalue weighted by atomic mass is 15.6. The number of hydrogen-bond donors (Lipinski definition) is 0. The van der Waals surface area contributed by atoms with Crippen molar-refractivity contribution in [3.63, 3.8) is 0 Å². The Labute approximate surface area is 130 Å². The van der Waals surface area contributed by atoms with Gasteiger partial charge in [-0.15, -0.1) is 5.10 Å². The summed E-state index contributed by atoms with van der Waals surface area (Å²) in [6, 6.07) is 3.22. The number of aromatic nitrogens is 6. The molecule has 0 aromatic carbocycles. The first-order valence-corrected chi connectivity index (χ1v) is 8.22. The first-order chi connectivity index (χ1) is 10.7. The Kier molecular flexibility index (Phi) is 3.44. The lowest BCUT2D eigenvalue weighted by molar-refractivity contribution is 0.209. The summed E-state index contributed by atoms with van der Waals surface area (Å²) in [5.74, 6) is 1.02. The van der Waals surface area contributed by atoms with Gasteiger partial charge in [0.1, 0.15) is 0 Å². The fraction of sp³-hybridized carbons (Fsp3) is 0.733. The average molecular weight is 301 g/mol. The molecule has 0 radical (unpaired) electrons. The molecule has 1 aliphatic carbocycles. The second-order valence-corrected chi connectivity index (χ2v) is 6.65. The second kappa shape index (κ2) is 5.46. The number of rotatable bonds is 5. The van der Waals surface area contributed by atoms with Crippen LogP contribution in [-0.2, 0) is 13.1 Å². The molecule has 118 valence electrons. The van der Waals surface area contributed by atoms with E-state index in [-0.39, 0.29) is 0 Å². The molecule has 7 nitrogen and oxygen atoms in total. The van der Waals surface area contributed by atoms with E-state index in [2.05, 4.69) is 50.1 Å². The summed E-state index contributed by atoms with van der Waals surface area (Å²) in [6.07, 6.45) is 4.90. The highest BCUT2D eigenvalue weighted by Gasteiger charge is 2.31. The van der Waals surface area contributed by atoms with Crippen molar-refractivity contribution in [2.45, 2.75) is 64.7 Å². The second-order valence-electron chi connectivity index (χ2n) is 6.65. The molecule has 7 heteroatoms. The predicted molar refractivity (Wildman–Crippen MR) is 81.2 cm³/mol. The van der Waals surface area contributed by atoms with E-state index in [4.69, 9.17) is 0 Å². The molecule has 1 saturated carbocycles. The fourth-order valence-electron chi connectivity index (χ4n) is 3.47. The molecule has 2 fully saturated rings. The highest BCUT2D eigenvalue weighted by molar-refractivity contribution is 5.07. The van der Waals surface area contributed by atoms with Gasteiger partial charge in [-0.05, 0) is 62.6 Å². The minimum Gasteiger partial charge on any atom is -0.291 e. The number of aryl methyl sites for hydroxylation is 2. The van der Waals surface area contributed by atoms with Gasteiger partial charge >= 0.3 is 0 Å². The van der Waals surface area contributed by atoms with Crippen LogP contribution in [0, 0.1) is 13.8 Å². The maximum atomic E-state index is 4.61. The van der Waals surface area contributed by atoms with E-state index in [1.165, 1.54) is 31.4 Å². The molecular weight excluding hydrogens is 278 g/mol. The number of tetrazole rings is 1. The van der Waals surface area contributed by atoms with Crippen LogP contribution in [0.15, 0.2) is 6.07 Å². The Morgan fingerprint density at radius 1 is 1.23 bits per heavy atom. The maximum Gasteiger partial charge on any atom is 0.165 e. The van der Waals surface area contributed by atoms with E-state index in [1.807, 2.05) is 4.68 Å². The topological polar surface area (TPSA) is 64.7 Å². The molecule has 1 aliphatic heterocycles. The maximum absolute atomic E-state index is 4.61. The molecule has 1 saturated heterocycles. The van der Waals surface area contributed by atoms with Gasteiger partial charge in [0.2, 0.25) is 0 Å². The number of hydrogen-bond acceptors (Lipinski definition) is 5. The van der Waals surface area contributed by atoms with Crippen LogP contribution in [0.3, 0.4) is 0 Å². The highest BCUT2D eigenvalue weighted by Crippen LogP contribution is 2.35. The first kappa shape index (κ1) is 13.9. The van der Waals surface area contributed by atoms with Crippen LogP contribution >= 0.6 is 0 Å². The van der Waals surface area contributed by atoms with Crippen LogP contribution in [0.2, 0.25) is 0 Å². The van der Waals surface area contributed by atoms with Gasteiger partial charge in [0.05, 0.1) is 24.8 Å². The van der Waals surface area contributed by atoms with Crippen LogP contribution in [0.1, 0.15) is 48.9 Å². The molecule has 2 aromatic heterocycles. The lowest BCUT2D eigenvalue weighted by atomic mass is 10.2. The Balaban J connectivity index is 1.46. The number of nitrogens with zero attached hydrogens (tertiary/aromatic N) is 7. The molecule has 2 aliphatic rings. The molecule has 4 rings (SSSR count). The molecule has 0 bridgehead atoms. The van der Waals surface area contributed by atoms with Crippen LogP contribution < -0.4 is 0 Å². The third-order valence-electron chi connectivity index (χ3n) is 4.78. The van der Waals surface area contributed by atoms with Crippen LogP contribution in [-0.4, -0.2) is 47.5 Å². The third-order valence-corrected chi connectivity index (χ3v) is 4.78. The Bertz CT molecular complexity index is 655. The third kappa shape index (κ3) is 2.65. The van der Waals surface area contributed by atoms with Gasteiger partial charge in [-0.3, -0.25) is 9.58 Å². The quantitative estimate of drug-likeness (QED) is 0.837. The lowest BCUT2D eigenvalue weighted by Crippen LogP contribution is -2.34. The fourth-order valence-corrected chi connectivity index (χ4v) is 3.47. The van der Waals surface area contributed by atoms with Crippen molar-refractivity contribution in [2.24, 2.45) is 0 Å². The standard InChI is InChI=1S/C15H23N7/c1-11-8-12(2)21(17-11)9-14-4-3-7-20(14)10-15-16-18-19-22(15)13-5-6-13/h8,13-14H,3-7,9-10H2,1-2H3/t14-/m0/s1. The zero-order chi connectivity index (χ0) is 15.1. The largest absolute Gasteiger partial charge is 0.291 e. The summed E-state index contributed by atoms with van der Waals surface area (Å²) in [7, 11) is 0. The van der Waals surface area contributed by atoms with E-state index in [9.17, 15) is 0 Å². The minimum atomic E-state index is 0.530. The Hall–Kier alpha value is -1.76. The van der Waals surface area contributed by atoms with Gasteiger partial charge in [0, 0.05) is 11.7 Å². The van der Waals surface area contributed by atoms with Gasteiger partial charge in [0.25, 0.3) is 0 Å². The van der Waals surface area contributed by atoms with Crippen molar-refractivity contribution in [3.05, 3.63) is 23.3 Å².